The Labute approximate surface area is 168 Å². The molecule has 2 N–H and O–H groups in total. The second-order valence-electron chi connectivity index (χ2n) is 7.34. The van der Waals surface area contributed by atoms with Crippen LogP contribution in [0.15, 0.2) is 48.5 Å². The third-order valence-electron chi connectivity index (χ3n) is 6.02. The normalized spacial score (nSPS) is 13.0. The van der Waals surface area contributed by atoms with E-state index in [-0.39, 0.29) is 13.2 Å². The minimum atomic E-state index is -0.106. The standard InChI is InChI=1S/C23H21ClN2O2/c1-25-20-5-3-2-4-16(20)17-10-21-18(12-27)19(13-28)23(26(21)11-22(17)25)14-6-8-15(24)9-7-14/h2-9,27-28H,10-13H2,1H3. The van der Waals surface area contributed by atoms with E-state index in [0.29, 0.717) is 11.6 Å². The molecule has 5 heteroatoms. The first kappa shape index (κ1) is 17.6. The molecule has 0 unspecified atom stereocenters. The van der Waals surface area contributed by atoms with Gasteiger partial charge in [-0.05, 0) is 29.3 Å². The Balaban J connectivity index is 1.77. The highest BCUT2D eigenvalue weighted by Crippen LogP contribution is 2.40. The van der Waals surface area contributed by atoms with Crippen LogP contribution < -0.4 is 0 Å². The lowest BCUT2D eigenvalue weighted by atomic mass is 9.99. The summed E-state index contributed by atoms with van der Waals surface area (Å²) in [5, 5.41) is 22.2. The van der Waals surface area contributed by atoms with Crippen LogP contribution in [-0.4, -0.2) is 19.3 Å². The van der Waals surface area contributed by atoms with Crippen LogP contribution in [0.4, 0.5) is 0 Å². The molecule has 5 rings (SSSR count). The fourth-order valence-corrected chi connectivity index (χ4v) is 4.82. The predicted molar refractivity (Wildman–Crippen MR) is 112 cm³/mol. The number of rotatable bonds is 3. The maximum absolute atomic E-state index is 10.1. The van der Waals surface area contributed by atoms with Crippen LogP contribution >= 0.6 is 11.6 Å². The predicted octanol–water partition coefficient (Wildman–Crippen LogP) is 4.24. The summed E-state index contributed by atoms with van der Waals surface area (Å²) < 4.78 is 4.51. The topological polar surface area (TPSA) is 50.3 Å². The Hall–Kier alpha value is -2.53. The van der Waals surface area contributed by atoms with Gasteiger partial charge in [0.25, 0.3) is 0 Å². The van der Waals surface area contributed by atoms with Gasteiger partial charge in [-0.15, -0.1) is 0 Å². The van der Waals surface area contributed by atoms with Gasteiger partial charge in [-0.25, -0.2) is 0 Å². The number of hydrogen-bond acceptors (Lipinski definition) is 2. The van der Waals surface area contributed by atoms with E-state index < -0.39 is 0 Å². The first-order valence-electron chi connectivity index (χ1n) is 9.40. The minimum Gasteiger partial charge on any atom is -0.392 e. The van der Waals surface area contributed by atoms with Crippen molar-refractivity contribution in [1.82, 2.24) is 9.13 Å². The molecule has 3 heterocycles. The van der Waals surface area contributed by atoms with Crippen LogP contribution in [0.3, 0.4) is 0 Å². The van der Waals surface area contributed by atoms with Gasteiger partial charge in [0.15, 0.2) is 0 Å². The average molecular weight is 393 g/mol. The van der Waals surface area contributed by atoms with Gasteiger partial charge in [-0.1, -0.05) is 41.9 Å². The summed E-state index contributed by atoms with van der Waals surface area (Å²) in [5.74, 6) is 0. The number of fused-ring (bicyclic) bond motifs is 4. The number of halogens is 1. The molecule has 0 fully saturated rings. The number of nitrogens with zero attached hydrogens (tertiary/aromatic N) is 2. The van der Waals surface area contributed by atoms with Crippen LogP contribution in [0.1, 0.15) is 28.1 Å². The number of aryl methyl sites for hydroxylation is 1. The molecule has 0 bridgehead atoms. The second kappa shape index (κ2) is 6.52. The van der Waals surface area contributed by atoms with Crippen molar-refractivity contribution >= 4 is 22.5 Å². The molecule has 0 atom stereocenters. The van der Waals surface area contributed by atoms with E-state index in [2.05, 4.69) is 40.4 Å². The molecule has 0 radical (unpaired) electrons. The van der Waals surface area contributed by atoms with Crippen molar-refractivity contribution in [3.63, 3.8) is 0 Å². The van der Waals surface area contributed by atoms with Crippen LogP contribution in [0.25, 0.3) is 22.2 Å². The van der Waals surface area contributed by atoms with Crippen molar-refractivity contribution < 1.29 is 10.2 Å². The average Bonchev–Trinajstić information content (AvgIpc) is 3.19. The number of aliphatic hydroxyl groups is 2. The molecule has 2 aromatic carbocycles. The van der Waals surface area contributed by atoms with Crippen LogP contribution in [0.2, 0.25) is 5.02 Å². The number of hydrogen-bond donors (Lipinski definition) is 2. The quantitative estimate of drug-likeness (QED) is 0.482. The molecule has 0 aliphatic carbocycles. The lowest BCUT2D eigenvalue weighted by Gasteiger charge is -2.21. The molecule has 4 aromatic rings. The first-order chi connectivity index (χ1) is 13.6. The van der Waals surface area contributed by atoms with Crippen molar-refractivity contribution in [1.29, 1.82) is 0 Å². The summed E-state index contributed by atoms with van der Waals surface area (Å²) in [7, 11) is 2.11. The van der Waals surface area contributed by atoms with E-state index in [1.54, 1.807) is 0 Å². The molecule has 0 saturated carbocycles. The van der Waals surface area contributed by atoms with Crippen molar-refractivity contribution in [3.8, 4) is 11.3 Å². The summed E-state index contributed by atoms with van der Waals surface area (Å²) in [5.41, 5.74) is 8.49. The largest absolute Gasteiger partial charge is 0.392 e. The monoisotopic (exact) mass is 392 g/mol. The highest BCUT2D eigenvalue weighted by atomic mass is 35.5. The summed E-state index contributed by atoms with van der Waals surface area (Å²) in [6.07, 6.45) is 0.743. The molecular weight excluding hydrogens is 372 g/mol. The zero-order valence-corrected chi connectivity index (χ0v) is 16.4. The summed E-state index contributed by atoms with van der Waals surface area (Å²) in [6.45, 7) is 0.519. The van der Waals surface area contributed by atoms with Crippen molar-refractivity contribution in [2.24, 2.45) is 7.05 Å². The Morgan fingerprint density at radius 2 is 1.64 bits per heavy atom. The number of benzene rings is 2. The zero-order chi connectivity index (χ0) is 19.4. The van der Waals surface area contributed by atoms with Gasteiger partial charge in [0.1, 0.15) is 0 Å². The third kappa shape index (κ3) is 2.39. The number of para-hydroxylation sites is 1. The van der Waals surface area contributed by atoms with Crippen LogP contribution in [0, 0.1) is 0 Å². The molecular formula is C23H21ClN2O2. The van der Waals surface area contributed by atoms with Gasteiger partial charge in [0.2, 0.25) is 0 Å². The molecule has 1 aliphatic rings. The smallest absolute Gasteiger partial charge is 0.0706 e. The van der Waals surface area contributed by atoms with Gasteiger partial charge in [0.05, 0.1) is 25.5 Å². The third-order valence-corrected chi connectivity index (χ3v) is 6.28. The van der Waals surface area contributed by atoms with E-state index >= 15 is 0 Å². The minimum absolute atomic E-state index is 0.0844. The summed E-state index contributed by atoms with van der Waals surface area (Å²) in [6, 6.07) is 16.1. The van der Waals surface area contributed by atoms with Gasteiger partial charge >= 0.3 is 0 Å². The molecule has 1 aliphatic heterocycles. The maximum atomic E-state index is 10.1. The Morgan fingerprint density at radius 3 is 2.36 bits per heavy atom. The first-order valence-corrected chi connectivity index (χ1v) is 9.77. The number of aliphatic hydroxyl groups excluding tert-OH is 2. The highest BCUT2D eigenvalue weighted by molar-refractivity contribution is 6.30. The number of aromatic nitrogens is 2. The maximum Gasteiger partial charge on any atom is 0.0706 e. The molecule has 2 aromatic heterocycles. The van der Waals surface area contributed by atoms with Crippen molar-refractivity contribution in [2.75, 3.05) is 0 Å². The van der Waals surface area contributed by atoms with Crippen molar-refractivity contribution in [2.45, 2.75) is 26.2 Å². The van der Waals surface area contributed by atoms with E-state index in [0.717, 1.165) is 34.5 Å². The Bertz CT molecular complexity index is 1200. The Kier molecular flexibility index (Phi) is 4.09. The highest BCUT2D eigenvalue weighted by Gasteiger charge is 2.29. The lowest BCUT2D eigenvalue weighted by molar-refractivity contribution is 0.260. The van der Waals surface area contributed by atoms with Crippen LogP contribution in [-0.2, 0) is 33.2 Å². The van der Waals surface area contributed by atoms with E-state index in [9.17, 15) is 10.2 Å². The second-order valence-corrected chi connectivity index (χ2v) is 7.78. The fraction of sp³-hybridized carbons (Fsp3) is 0.217. The SMILES string of the molecule is Cn1c2c(c3ccccc31)Cc1c(CO)c(CO)c(-c3ccc(Cl)cc3)n1C2. The summed E-state index contributed by atoms with van der Waals surface area (Å²) >= 11 is 6.08. The van der Waals surface area contributed by atoms with Gasteiger partial charge in [0, 0.05) is 51.9 Å². The Morgan fingerprint density at radius 1 is 0.929 bits per heavy atom. The molecule has 0 saturated heterocycles. The summed E-state index contributed by atoms with van der Waals surface area (Å²) in [4.78, 5) is 0. The molecule has 4 nitrogen and oxygen atoms in total. The molecule has 0 amide bonds. The zero-order valence-electron chi connectivity index (χ0n) is 15.6. The van der Waals surface area contributed by atoms with Crippen LogP contribution in [0.5, 0.6) is 0 Å². The fourth-order valence-electron chi connectivity index (χ4n) is 4.69. The molecule has 142 valence electrons. The van der Waals surface area contributed by atoms with E-state index in [4.69, 9.17) is 11.6 Å². The van der Waals surface area contributed by atoms with Crippen molar-refractivity contribution in [3.05, 3.63) is 81.6 Å². The lowest BCUT2D eigenvalue weighted by Crippen LogP contribution is -2.17. The van der Waals surface area contributed by atoms with Gasteiger partial charge < -0.3 is 19.3 Å². The van der Waals surface area contributed by atoms with E-state index in [1.807, 2.05) is 24.3 Å². The molecule has 0 spiro atoms. The van der Waals surface area contributed by atoms with Gasteiger partial charge in [-0.2, -0.15) is 0 Å². The molecule has 28 heavy (non-hydrogen) atoms. The van der Waals surface area contributed by atoms with E-state index in [1.165, 1.54) is 22.2 Å². The van der Waals surface area contributed by atoms with Gasteiger partial charge in [-0.3, -0.25) is 0 Å².